The lowest BCUT2D eigenvalue weighted by molar-refractivity contribution is -0.384. The monoisotopic (exact) mass is 468 g/mol. The van der Waals surface area contributed by atoms with Crippen LogP contribution in [0, 0.1) is 10.1 Å². The molecule has 11 heteroatoms. The third-order valence-corrected chi connectivity index (χ3v) is 5.48. The van der Waals surface area contributed by atoms with Crippen LogP contribution < -0.4 is 5.32 Å². The SMILES string of the molecule is O=C1N/C(=N\N=C\c2ccccc2O)S/C1=C/c1ccc(-c2ccc([N+](=O)[O-])cc2Cl)o1. The minimum absolute atomic E-state index is 0.0712. The highest BCUT2D eigenvalue weighted by molar-refractivity contribution is 8.18. The van der Waals surface area contributed by atoms with E-state index in [2.05, 4.69) is 15.5 Å². The van der Waals surface area contributed by atoms with Gasteiger partial charge in [0, 0.05) is 29.3 Å². The van der Waals surface area contributed by atoms with Gasteiger partial charge in [-0.25, -0.2) is 0 Å². The smallest absolute Gasteiger partial charge is 0.270 e. The van der Waals surface area contributed by atoms with Crippen LogP contribution in [0.1, 0.15) is 11.3 Å². The van der Waals surface area contributed by atoms with Crippen molar-refractivity contribution >= 4 is 52.4 Å². The van der Waals surface area contributed by atoms with Crippen LogP contribution in [0.25, 0.3) is 17.4 Å². The summed E-state index contributed by atoms with van der Waals surface area (Å²) in [5.74, 6) is 0.507. The van der Waals surface area contributed by atoms with Gasteiger partial charge in [-0.2, -0.15) is 5.10 Å². The quantitative estimate of drug-likeness (QED) is 0.239. The van der Waals surface area contributed by atoms with Crippen molar-refractivity contribution in [3.8, 4) is 17.1 Å². The summed E-state index contributed by atoms with van der Waals surface area (Å²) in [6, 6.07) is 14.0. The van der Waals surface area contributed by atoms with E-state index < -0.39 is 4.92 Å². The van der Waals surface area contributed by atoms with Gasteiger partial charge in [0.25, 0.3) is 11.6 Å². The number of amides is 1. The van der Waals surface area contributed by atoms with E-state index in [4.69, 9.17) is 16.0 Å². The molecule has 1 aromatic heterocycles. The second kappa shape index (κ2) is 9.08. The van der Waals surface area contributed by atoms with Gasteiger partial charge < -0.3 is 9.52 Å². The minimum atomic E-state index is -0.532. The van der Waals surface area contributed by atoms with Gasteiger partial charge in [-0.15, -0.1) is 5.10 Å². The number of thioether (sulfide) groups is 1. The normalized spacial score (nSPS) is 16.2. The predicted molar refractivity (Wildman–Crippen MR) is 123 cm³/mol. The number of nitro benzene ring substituents is 1. The number of aromatic hydroxyl groups is 1. The topological polar surface area (TPSA) is 130 Å². The van der Waals surface area contributed by atoms with E-state index in [0.29, 0.717) is 27.6 Å². The maximum atomic E-state index is 12.2. The Kier molecular flexibility index (Phi) is 6.06. The molecule has 9 nitrogen and oxygen atoms in total. The minimum Gasteiger partial charge on any atom is -0.507 e. The summed E-state index contributed by atoms with van der Waals surface area (Å²) < 4.78 is 5.73. The van der Waals surface area contributed by atoms with Crippen molar-refractivity contribution in [2.75, 3.05) is 0 Å². The van der Waals surface area contributed by atoms with E-state index in [1.54, 1.807) is 30.3 Å². The molecule has 1 saturated heterocycles. The van der Waals surface area contributed by atoms with Crippen molar-refractivity contribution in [1.29, 1.82) is 0 Å². The van der Waals surface area contributed by atoms with Gasteiger partial charge >= 0.3 is 0 Å². The van der Waals surface area contributed by atoms with Gasteiger partial charge in [0.15, 0.2) is 5.17 Å². The van der Waals surface area contributed by atoms with E-state index in [-0.39, 0.29) is 27.5 Å². The molecular weight excluding hydrogens is 456 g/mol. The number of carbonyl (C=O) groups is 1. The van der Waals surface area contributed by atoms with Crippen LogP contribution in [-0.2, 0) is 4.79 Å². The molecule has 1 aliphatic rings. The van der Waals surface area contributed by atoms with Gasteiger partial charge in [0.05, 0.1) is 21.1 Å². The second-order valence-corrected chi connectivity index (χ2v) is 7.83. The molecule has 32 heavy (non-hydrogen) atoms. The number of nitrogens with one attached hydrogen (secondary N) is 1. The largest absolute Gasteiger partial charge is 0.507 e. The number of hydrogen-bond donors (Lipinski definition) is 2. The van der Waals surface area contributed by atoms with Crippen molar-refractivity contribution in [3.05, 3.63) is 86.0 Å². The average molecular weight is 469 g/mol. The Labute approximate surface area is 190 Å². The average Bonchev–Trinajstić information content (AvgIpc) is 3.36. The molecule has 0 unspecified atom stereocenters. The van der Waals surface area contributed by atoms with E-state index in [0.717, 1.165) is 11.8 Å². The first-order valence-corrected chi connectivity index (χ1v) is 10.2. The number of furan rings is 1. The Morgan fingerprint density at radius 1 is 1.19 bits per heavy atom. The Hall–Kier alpha value is -3.89. The highest BCUT2D eigenvalue weighted by atomic mass is 35.5. The molecule has 0 radical (unpaired) electrons. The zero-order valence-corrected chi connectivity index (χ0v) is 17.6. The highest BCUT2D eigenvalue weighted by Crippen LogP contribution is 2.33. The first-order valence-electron chi connectivity index (χ1n) is 9.05. The number of rotatable bonds is 5. The Morgan fingerprint density at radius 2 is 2.00 bits per heavy atom. The summed E-state index contributed by atoms with van der Waals surface area (Å²) in [5.41, 5.74) is 0.866. The summed E-state index contributed by atoms with van der Waals surface area (Å²) in [4.78, 5) is 22.9. The summed E-state index contributed by atoms with van der Waals surface area (Å²) in [5, 5.41) is 31.5. The number of nitro groups is 1. The number of phenolic OH excluding ortho intramolecular Hbond substituents is 1. The van der Waals surface area contributed by atoms with Crippen molar-refractivity contribution in [2.24, 2.45) is 10.2 Å². The number of para-hydroxylation sites is 1. The molecule has 0 atom stereocenters. The number of nitrogens with zero attached hydrogens (tertiary/aromatic N) is 3. The highest BCUT2D eigenvalue weighted by Gasteiger charge is 2.24. The number of carbonyl (C=O) groups excluding carboxylic acids is 1. The van der Waals surface area contributed by atoms with E-state index >= 15 is 0 Å². The molecule has 0 aliphatic carbocycles. The fourth-order valence-electron chi connectivity index (χ4n) is 2.74. The van der Waals surface area contributed by atoms with Crippen molar-refractivity contribution in [2.45, 2.75) is 0 Å². The lowest BCUT2D eigenvalue weighted by Crippen LogP contribution is -2.19. The first kappa shape index (κ1) is 21.3. The third-order valence-electron chi connectivity index (χ3n) is 4.26. The van der Waals surface area contributed by atoms with Gasteiger partial charge in [-0.3, -0.25) is 20.2 Å². The molecule has 2 N–H and O–H groups in total. The van der Waals surface area contributed by atoms with Crippen molar-refractivity contribution < 1.29 is 19.2 Å². The number of amidine groups is 1. The summed E-state index contributed by atoms with van der Waals surface area (Å²) in [6.07, 6.45) is 2.92. The van der Waals surface area contributed by atoms with E-state index in [1.807, 2.05) is 0 Å². The zero-order valence-electron chi connectivity index (χ0n) is 16.1. The number of benzene rings is 2. The molecule has 3 aromatic rings. The van der Waals surface area contributed by atoms with Gasteiger partial charge in [0.2, 0.25) is 0 Å². The van der Waals surface area contributed by atoms with Crippen molar-refractivity contribution in [3.63, 3.8) is 0 Å². The second-order valence-electron chi connectivity index (χ2n) is 6.40. The van der Waals surface area contributed by atoms with Crippen LogP contribution in [0.4, 0.5) is 5.69 Å². The molecule has 1 amide bonds. The molecule has 0 saturated carbocycles. The summed E-state index contributed by atoms with van der Waals surface area (Å²) >= 11 is 7.22. The maximum absolute atomic E-state index is 12.2. The Morgan fingerprint density at radius 3 is 2.75 bits per heavy atom. The van der Waals surface area contributed by atoms with Crippen LogP contribution in [0.15, 0.2) is 74.1 Å². The third kappa shape index (κ3) is 4.71. The van der Waals surface area contributed by atoms with Crippen LogP contribution in [0.2, 0.25) is 5.02 Å². The van der Waals surface area contributed by atoms with Crippen LogP contribution >= 0.6 is 23.4 Å². The fourth-order valence-corrected chi connectivity index (χ4v) is 3.76. The van der Waals surface area contributed by atoms with Crippen LogP contribution in [0.5, 0.6) is 5.75 Å². The standard InChI is InChI=1S/C21H13ClN4O5S/c22-16-9-13(26(29)30)5-7-15(16)18-8-6-14(31-18)10-19-20(28)24-21(32-19)25-23-11-12-3-1-2-4-17(12)27/h1-11,27H,(H,24,25,28)/b19-10+,23-11+. The molecule has 0 spiro atoms. The van der Waals surface area contributed by atoms with Crippen LogP contribution in [0.3, 0.4) is 0 Å². The number of phenols is 1. The van der Waals surface area contributed by atoms with E-state index in [1.165, 1.54) is 36.6 Å². The van der Waals surface area contributed by atoms with Gasteiger partial charge in [-0.05, 0) is 42.1 Å². The zero-order chi connectivity index (χ0) is 22.7. The summed E-state index contributed by atoms with van der Waals surface area (Å²) in [6.45, 7) is 0. The Balaban J connectivity index is 1.49. The maximum Gasteiger partial charge on any atom is 0.270 e. The number of hydrogen-bond acceptors (Lipinski definition) is 8. The molecule has 160 valence electrons. The van der Waals surface area contributed by atoms with Crippen molar-refractivity contribution in [1.82, 2.24) is 5.32 Å². The predicted octanol–water partition coefficient (Wildman–Crippen LogP) is 4.81. The number of non-ortho nitro benzene ring substituents is 1. The molecule has 4 rings (SSSR count). The molecule has 1 fully saturated rings. The molecule has 2 heterocycles. The molecular formula is C21H13ClN4O5S. The lowest BCUT2D eigenvalue weighted by Gasteiger charge is -2.00. The molecule has 2 aromatic carbocycles. The summed E-state index contributed by atoms with van der Waals surface area (Å²) in [7, 11) is 0. The van der Waals surface area contributed by atoms with Gasteiger partial charge in [-0.1, -0.05) is 23.7 Å². The molecule has 1 aliphatic heterocycles. The lowest BCUT2D eigenvalue weighted by atomic mass is 10.1. The van der Waals surface area contributed by atoms with Crippen LogP contribution in [-0.4, -0.2) is 27.3 Å². The first-order chi connectivity index (χ1) is 15.4. The Bertz CT molecular complexity index is 1320. The van der Waals surface area contributed by atoms with E-state index in [9.17, 15) is 20.0 Å². The fraction of sp³-hybridized carbons (Fsp3) is 0. The van der Waals surface area contributed by atoms with Gasteiger partial charge in [0.1, 0.15) is 17.3 Å². The molecule has 0 bridgehead atoms. The number of halogens is 1.